The molecular formula is C16H21NO. The Kier molecular flexibility index (Phi) is 5.92. The van der Waals surface area contributed by atoms with Crippen LogP contribution >= 0.6 is 0 Å². The summed E-state index contributed by atoms with van der Waals surface area (Å²) in [4.78, 5) is 13.6. The molecule has 0 aliphatic carbocycles. The average Bonchev–Trinajstić information content (AvgIpc) is 2.38. The van der Waals surface area contributed by atoms with Crippen LogP contribution in [0.2, 0.25) is 0 Å². The van der Waals surface area contributed by atoms with Crippen molar-refractivity contribution < 1.29 is 4.79 Å². The van der Waals surface area contributed by atoms with Gasteiger partial charge < -0.3 is 4.90 Å². The van der Waals surface area contributed by atoms with Crippen LogP contribution in [0, 0.1) is 0 Å². The smallest absolute Gasteiger partial charge is 0.222 e. The Hall–Kier alpha value is -1.83. The van der Waals surface area contributed by atoms with Gasteiger partial charge >= 0.3 is 0 Å². The largest absolute Gasteiger partial charge is 0.335 e. The van der Waals surface area contributed by atoms with E-state index >= 15 is 0 Å². The molecule has 18 heavy (non-hydrogen) atoms. The van der Waals surface area contributed by atoms with Gasteiger partial charge in [0.25, 0.3) is 0 Å². The second kappa shape index (κ2) is 7.49. The van der Waals surface area contributed by atoms with Gasteiger partial charge in [0.2, 0.25) is 5.91 Å². The molecule has 0 unspecified atom stereocenters. The van der Waals surface area contributed by atoms with E-state index < -0.39 is 0 Å². The zero-order valence-electron chi connectivity index (χ0n) is 11.2. The molecule has 1 amide bonds. The van der Waals surface area contributed by atoms with Crippen molar-refractivity contribution >= 4 is 12.0 Å². The van der Waals surface area contributed by atoms with Crippen LogP contribution in [0.3, 0.4) is 0 Å². The number of carbonyl (C=O) groups excluding carboxylic acids is 1. The zero-order valence-corrected chi connectivity index (χ0v) is 11.2. The van der Waals surface area contributed by atoms with E-state index in [0.29, 0.717) is 19.5 Å². The van der Waals surface area contributed by atoms with Crippen molar-refractivity contribution in [2.24, 2.45) is 0 Å². The Bertz CT molecular complexity index is 420. The lowest BCUT2D eigenvalue weighted by Crippen LogP contribution is -2.31. The molecule has 0 fully saturated rings. The highest BCUT2D eigenvalue weighted by atomic mass is 16.2. The summed E-state index contributed by atoms with van der Waals surface area (Å²) >= 11 is 0. The van der Waals surface area contributed by atoms with Crippen molar-refractivity contribution in [1.29, 1.82) is 0 Å². The van der Waals surface area contributed by atoms with Crippen molar-refractivity contribution in [2.45, 2.75) is 20.3 Å². The Morgan fingerprint density at radius 3 is 2.56 bits per heavy atom. The Morgan fingerprint density at radius 1 is 1.33 bits per heavy atom. The maximum atomic E-state index is 11.7. The molecule has 1 aromatic carbocycles. The SMILES string of the molecule is C=CCN(C/C(C)=C\c1ccccc1)C(=O)CC. The van der Waals surface area contributed by atoms with Crippen molar-refractivity contribution in [3.63, 3.8) is 0 Å². The zero-order chi connectivity index (χ0) is 13.4. The number of nitrogens with zero attached hydrogens (tertiary/aromatic N) is 1. The number of hydrogen-bond acceptors (Lipinski definition) is 1. The summed E-state index contributed by atoms with van der Waals surface area (Å²) in [6, 6.07) is 10.1. The highest BCUT2D eigenvalue weighted by Crippen LogP contribution is 2.08. The molecule has 0 heterocycles. The summed E-state index contributed by atoms with van der Waals surface area (Å²) < 4.78 is 0. The van der Waals surface area contributed by atoms with Crippen LogP contribution < -0.4 is 0 Å². The van der Waals surface area contributed by atoms with Gasteiger partial charge in [0.1, 0.15) is 0 Å². The van der Waals surface area contributed by atoms with Crippen LogP contribution in [0.1, 0.15) is 25.8 Å². The first-order valence-corrected chi connectivity index (χ1v) is 6.28. The fraction of sp³-hybridized carbons (Fsp3) is 0.312. The number of rotatable bonds is 6. The van der Waals surface area contributed by atoms with Crippen LogP contribution in [-0.4, -0.2) is 23.9 Å². The van der Waals surface area contributed by atoms with E-state index in [1.54, 1.807) is 6.08 Å². The highest BCUT2D eigenvalue weighted by Gasteiger charge is 2.09. The fourth-order valence-corrected chi connectivity index (χ4v) is 1.81. The standard InChI is InChI=1S/C16H21NO/c1-4-11-17(16(18)5-2)13-14(3)12-15-9-7-6-8-10-15/h4,6-10,12H,1,5,11,13H2,2-3H3/b14-12-. The minimum Gasteiger partial charge on any atom is -0.335 e. The molecule has 1 rings (SSSR count). The Balaban J connectivity index is 2.71. The first-order chi connectivity index (χ1) is 8.67. The van der Waals surface area contributed by atoms with Gasteiger partial charge in [-0.05, 0) is 12.5 Å². The minimum atomic E-state index is 0.163. The van der Waals surface area contributed by atoms with Crippen molar-refractivity contribution in [1.82, 2.24) is 4.90 Å². The summed E-state index contributed by atoms with van der Waals surface area (Å²) in [6.07, 6.45) is 4.41. The summed E-state index contributed by atoms with van der Waals surface area (Å²) in [5, 5.41) is 0. The first kappa shape index (κ1) is 14.2. The molecule has 0 aliphatic rings. The maximum absolute atomic E-state index is 11.7. The molecule has 0 N–H and O–H groups in total. The van der Waals surface area contributed by atoms with Crippen molar-refractivity contribution in [3.8, 4) is 0 Å². The molecule has 2 nitrogen and oxygen atoms in total. The quantitative estimate of drug-likeness (QED) is 0.700. The van der Waals surface area contributed by atoms with Gasteiger partial charge in [-0.1, -0.05) is 55.0 Å². The third kappa shape index (κ3) is 4.58. The number of carbonyl (C=O) groups is 1. The number of amides is 1. The molecular weight excluding hydrogens is 222 g/mol. The van der Waals surface area contributed by atoms with Crippen molar-refractivity contribution in [3.05, 3.63) is 54.1 Å². The van der Waals surface area contributed by atoms with Gasteiger partial charge in [-0.2, -0.15) is 0 Å². The molecule has 0 saturated carbocycles. The molecule has 0 aliphatic heterocycles. The minimum absolute atomic E-state index is 0.163. The third-order valence-corrected chi connectivity index (χ3v) is 2.66. The summed E-state index contributed by atoms with van der Waals surface area (Å²) in [6.45, 7) is 8.89. The summed E-state index contributed by atoms with van der Waals surface area (Å²) in [5.41, 5.74) is 2.34. The molecule has 2 heteroatoms. The van der Waals surface area contributed by atoms with Gasteiger partial charge in [-0.25, -0.2) is 0 Å². The number of hydrogen-bond donors (Lipinski definition) is 0. The van der Waals surface area contributed by atoms with E-state index in [1.165, 1.54) is 5.57 Å². The molecule has 0 spiro atoms. The lowest BCUT2D eigenvalue weighted by atomic mass is 10.1. The van der Waals surface area contributed by atoms with Crippen LogP contribution in [0.25, 0.3) is 6.08 Å². The van der Waals surface area contributed by atoms with E-state index in [9.17, 15) is 4.79 Å². The second-order valence-electron chi connectivity index (χ2n) is 4.32. The number of benzene rings is 1. The topological polar surface area (TPSA) is 20.3 Å². The summed E-state index contributed by atoms with van der Waals surface area (Å²) in [5.74, 6) is 0.163. The van der Waals surface area contributed by atoms with E-state index in [-0.39, 0.29) is 5.91 Å². The van der Waals surface area contributed by atoms with E-state index in [4.69, 9.17) is 0 Å². The van der Waals surface area contributed by atoms with Gasteiger partial charge in [0, 0.05) is 19.5 Å². The highest BCUT2D eigenvalue weighted by molar-refractivity contribution is 5.76. The predicted molar refractivity (Wildman–Crippen MR) is 77.2 cm³/mol. The molecule has 96 valence electrons. The van der Waals surface area contributed by atoms with Gasteiger partial charge in [0.05, 0.1) is 0 Å². The fourth-order valence-electron chi connectivity index (χ4n) is 1.81. The monoisotopic (exact) mass is 243 g/mol. The van der Waals surface area contributed by atoms with Gasteiger partial charge in [-0.3, -0.25) is 4.79 Å². The predicted octanol–water partition coefficient (Wildman–Crippen LogP) is 3.51. The van der Waals surface area contributed by atoms with E-state index in [0.717, 1.165) is 5.56 Å². The van der Waals surface area contributed by atoms with E-state index in [1.807, 2.05) is 36.9 Å². The molecule has 0 radical (unpaired) electrons. The van der Waals surface area contributed by atoms with Crippen molar-refractivity contribution in [2.75, 3.05) is 13.1 Å². The molecule has 1 aromatic rings. The van der Waals surface area contributed by atoms with Gasteiger partial charge in [-0.15, -0.1) is 6.58 Å². The maximum Gasteiger partial charge on any atom is 0.222 e. The first-order valence-electron chi connectivity index (χ1n) is 6.28. The normalized spacial score (nSPS) is 11.1. The average molecular weight is 243 g/mol. The van der Waals surface area contributed by atoms with Crippen LogP contribution in [0.15, 0.2) is 48.6 Å². The van der Waals surface area contributed by atoms with E-state index in [2.05, 4.69) is 24.8 Å². The molecule has 0 atom stereocenters. The van der Waals surface area contributed by atoms with Crippen LogP contribution in [-0.2, 0) is 4.79 Å². The molecule has 0 saturated heterocycles. The summed E-state index contributed by atoms with van der Waals surface area (Å²) in [7, 11) is 0. The van der Waals surface area contributed by atoms with Gasteiger partial charge in [0.15, 0.2) is 0 Å². The third-order valence-electron chi connectivity index (χ3n) is 2.66. The van der Waals surface area contributed by atoms with Crippen LogP contribution in [0.5, 0.6) is 0 Å². The Labute approximate surface area is 110 Å². The molecule has 0 bridgehead atoms. The second-order valence-corrected chi connectivity index (χ2v) is 4.32. The van der Waals surface area contributed by atoms with Crippen LogP contribution in [0.4, 0.5) is 0 Å². The molecule has 0 aromatic heterocycles. The lowest BCUT2D eigenvalue weighted by Gasteiger charge is -2.20. The Morgan fingerprint density at radius 2 is 2.00 bits per heavy atom. The lowest BCUT2D eigenvalue weighted by molar-refractivity contribution is -0.129.